The normalized spacial score (nSPS) is 28.3. The fraction of sp³-hybridized carbons (Fsp3) is 0.167. The third-order valence-electron chi connectivity index (χ3n) is 17.6. The molecule has 0 saturated carbocycles. The Hall–Kier alpha value is -7.80. The number of allylic oxidation sites excluding steroid dienone is 34. The molecule has 0 spiro atoms. The Morgan fingerprint density at radius 3 is 1.53 bits per heavy atom. The van der Waals surface area contributed by atoms with Crippen LogP contribution in [0, 0.1) is 54.3 Å². The predicted octanol–water partition coefficient (Wildman–Crippen LogP) is 15.2. The van der Waals surface area contributed by atoms with Gasteiger partial charge in [0.2, 0.25) is 0 Å². The van der Waals surface area contributed by atoms with E-state index in [9.17, 15) is 0 Å². The van der Waals surface area contributed by atoms with Gasteiger partial charge in [0.1, 0.15) is 0 Å². The van der Waals surface area contributed by atoms with Crippen LogP contribution in [0.3, 0.4) is 0 Å². The molecule has 0 nitrogen and oxygen atoms in total. The lowest BCUT2D eigenvalue weighted by Crippen LogP contribution is -2.42. The topological polar surface area (TPSA) is 0 Å². The second kappa shape index (κ2) is 17.5. The summed E-state index contributed by atoms with van der Waals surface area (Å²) in [6.07, 6.45) is 66.1. The summed E-state index contributed by atoms with van der Waals surface area (Å²) in [5, 5.41) is 2.77. The predicted molar refractivity (Wildman–Crippen MR) is 301 cm³/mol. The molecule has 0 aromatic heterocycles. The van der Waals surface area contributed by atoms with Crippen LogP contribution in [0.15, 0.2) is 300 Å². The van der Waals surface area contributed by atoms with Crippen LogP contribution in [0.4, 0.5) is 0 Å². The summed E-state index contributed by atoms with van der Waals surface area (Å²) in [5.41, 5.74) is 20.8. The maximum Gasteiger partial charge on any atom is 0.0676 e. The van der Waals surface area contributed by atoms with Crippen LogP contribution in [0.1, 0.15) is 35.1 Å². The smallest absolute Gasteiger partial charge is 0.0676 e. The van der Waals surface area contributed by atoms with Crippen LogP contribution in [-0.2, 0) is 5.41 Å². The molecule has 0 saturated heterocycles. The molecule has 0 amide bonds. The number of benzene rings is 4. The second-order valence-electron chi connectivity index (χ2n) is 21.2. The summed E-state index contributed by atoms with van der Waals surface area (Å²) in [7, 11) is 0. The van der Waals surface area contributed by atoms with Gasteiger partial charge in [0.05, 0.1) is 5.41 Å². The van der Waals surface area contributed by atoms with E-state index >= 15 is 0 Å². The van der Waals surface area contributed by atoms with Crippen molar-refractivity contribution in [3.8, 4) is 11.1 Å². The monoisotopic (exact) mass is 922 g/mol. The Balaban J connectivity index is 0.862. The molecule has 72 heavy (non-hydrogen) atoms. The Kier molecular flexibility index (Phi) is 10.5. The molecule has 0 heteroatoms. The van der Waals surface area contributed by atoms with E-state index in [1.807, 2.05) is 0 Å². The molecule has 4 aromatic carbocycles. The second-order valence-corrected chi connectivity index (χ2v) is 21.2. The van der Waals surface area contributed by atoms with Crippen molar-refractivity contribution < 1.29 is 0 Å². The molecule has 10 aliphatic carbocycles. The standard InChI is InChI=1S/C72H58/c1-47-33-41-52(42-34-47)72(68-31-14-12-24-61(68)62-25-13-15-32-69(62)72)53-43-37-51(38-44-53)70-63-26-8-10-28-65(63)71(66-29-11-9-27-64(66)70)67-46-40-50(56-21-5-7-23-59(56)67)36-35-49-39-45-60(57-22-6-4-20-55(49)57)58-30-16-18-48-17-2-3-19-54(48)58/h2-37,39-43,45-46,48,54-57,59,63,65H,38,44H2,1H3. The lowest BCUT2D eigenvalue weighted by molar-refractivity contribution is 0.563. The van der Waals surface area contributed by atoms with Gasteiger partial charge < -0.3 is 0 Å². The lowest BCUT2D eigenvalue weighted by Gasteiger charge is -2.40. The van der Waals surface area contributed by atoms with Gasteiger partial charge in [0.15, 0.2) is 0 Å². The van der Waals surface area contributed by atoms with Crippen molar-refractivity contribution in [3.63, 3.8) is 0 Å². The van der Waals surface area contributed by atoms with Crippen molar-refractivity contribution in [1.29, 1.82) is 0 Å². The van der Waals surface area contributed by atoms with E-state index in [1.54, 1.807) is 0 Å². The minimum absolute atomic E-state index is 0.233. The van der Waals surface area contributed by atoms with E-state index in [0.29, 0.717) is 23.7 Å². The van der Waals surface area contributed by atoms with Crippen LogP contribution in [0.25, 0.3) is 22.3 Å². The minimum Gasteiger partial charge on any atom is -0.0767 e. The molecule has 10 aliphatic rings. The molecule has 14 rings (SSSR count). The van der Waals surface area contributed by atoms with Crippen molar-refractivity contribution in [2.45, 2.75) is 25.2 Å². The van der Waals surface area contributed by atoms with E-state index in [4.69, 9.17) is 0 Å². The summed E-state index contributed by atoms with van der Waals surface area (Å²) in [5.74, 6) is 2.43. The molecule has 8 atom stereocenters. The minimum atomic E-state index is -0.345. The summed E-state index contributed by atoms with van der Waals surface area (Å²) in [6, 6.07) is 37.0. The maximum absolute atomic E-state index is 2.52. The van der Waals surface area contributed by atoms with Gasteiger partial charge >= 0.3 is 0 Å². The van der Waals surface area contributed by atoms with Crippen molar-refractivity contribution in [2.75, 3.05) is 0 Å². The van der Waals surface area contributed by atoms with E-state index in [0.717, 1.165) is 12.8 Å². The van der Waals surface area contributed by atoms with Gasteiger partial charge in [0.25, 0.3) is 0 Å². The first-order valence-corrected chi connectivity index (χ1v) is 26.5. The highest BCUT2D eigenvalue weighted by Gasteiger charge is 2.48. The average molecular weight is 923 g/mol. The molecule has 4 aromatic rings. The lowest BCUT2D eigenvalue weighted by atomic mass is 9.63. The number of rotatable bonds is 7. The SMILES string of the molecule is Cc1ccc(C2(C3=CC=C(C4=c5ccccc5=C(C5=CC=C(C=CC6=CC=C(C7=CC=CC8C=CC=CC78)C7C=CC=CC67)C6C=CC=CC56)C5C=CC=CC45)CC3)c3ccccc3-c3ccccc32)cc1. The highest BCUT2D eigenvalue weighted by Crippen LogP contribution is 2.58. The molecule has 0 heterocycles. The summed E-state index contributed by atoms with van der Waals surface area (Å²) in [6.45, 7) is 2.20. The fourth-order valence-corrected chi connectivity index (χ4v) is 14.4. The number of aryl methyl sites for hydroxylation is 1. The fourth-order valence-electron chi connectivity index (χ4n) is 14.4. The molecule has 0 radical (unpaired) electrons. The zero-order valence-electron chi connectivity index (χ0n) is 40.9. The Morgan fingerprint density at radius 2 is 0.889 bits per heavy atom. The van der Waals surface area contributed by atoms with Gasteiger partial charge in [-0.1, -0.05) is 272 Å². The Labute approximate surface area is 425 Å². The van der Waals surface area contributed by atoms with Crippen molar-refractivity contribution >= 4 is 11.1 Å². The largest absolute Gasteiger partial charge is 0.0767 e. The molecule has 0 fully saturated rings. The number of fused-ring (bicyclic) bond motifs is 8. The van der Waals surface area contributed by atoms with Gasteiger partial charge in [-0.15, -0.1) is 0 Å². The van der Waals surface area contributed by atoms with Gasteiger partial charge in [-0.05, 0) is 103 Å². The van der Waals surface area contributed by atoms with E-state index in [-0.39, 0.29) is 29.1 Å². The molecular weight excluding hydrogens is 865 g/mol. The average Bonchev–Trinajstić information content (AvgIpc) is 3.75. The number of hydrogen-bond acceptors (Lipinski definition) is 0. The van der Waals surface area contributed by atoms with Crippen molar-refractivity contribution in [1.82, 2.24) is 0 Å². The number of hydrogen-bond donors (Lipinski definition) is 0. The molecule has 346 valence electrons. The van der Waals surface area contributed by atoms with Crippen LogP contribution in [-0.4, -0.2) is 0 Å². The van der Waals surface area contributed by atoms with Crippen LogP contribution >= 0.6 is 0 Å². The van der Waals surface area contributed by atoms with Gasteiger partial charge in [-0.2, -0.15) is 0 Å². The van der Waals surface area contributed by atoms with Crippen molar-refractivity contribution in [2.24, 2.45) is 47.3 Å². The first-order chi connectivity index (χ1) is 35.6. The van der Waals surface area contributed by atoms with E-state index < -0.39 is 0 Å². The third kappa shape index (κ3) is 6.72. The molecule has 0 aliphatic heterocycles. The Morgan fingerprint density at radius 1 is 0.389 bits per heavy atom. The Bertz CT molecular complexity index is 3620. The molecule has 0 N–H and O–H groups in total. The van der Waals surface area contributed by atoms with Crippen LogP contribution in [0.2, 0.25) is 0 Å². The zero-order valence-corrected chi connectivity index (χ0v) is 40.9. The molecular formula is C72H58. The molecule has 8 unspecified atom stereocenters. The maximum atomic E-state index is 2.52. The van der Waals surface area contributed by atoms with Crippen molar-refractivity contribution in [3.05, 3.63) is 333 Å². The highest BCUT2D eigenvalue weighted by atomic mass is 14.5. The van der Waals surface area contributed by atoms with Gasteiger partial charge in [0, 0.05) is 47.3 Å². The molecule has 0 bridgehead atoms. The van der Waals surface area contributed by atoms with E-state index in [2.05, 4.69) is 268 Å². The van der Waals surface area contributed by atoms with Gasteiger partial charge in [-0.25, -0.2) is 0 Å². The summed E-state index contributed by atoms with van der Waals surface area (Å²) >= 11 is 0. The van der Waals surface area contributed by atoms with E-state index in [1.165, 1.54) is 94.0 Å². The van der Waals surface area contributed by atoms with Crippen LogP contribution < -0.4 is 10.4 Å². The first-order valence-electron chi connectivity index (χ1n) is 26.5. The van der Waals surface area contributed by atoms with Crippen LogP contribution in [0.5, 0.6) is 0 Å². The summed E-state index contributed by atoms with van der Waals surface area (Å²) in [4.78, 5) is 0. The third-order valence-corrected chi connectivity index (χ3v) is 17.6. The highest BCUT2D eigenvalue weighted by molar-refractivity contribution is 5.87. The zero-order chi connectivity index (χ0) is 47.8. The van der Waals surface area contributed by atoms with Gasteiger partial charge in [-0.3, -0.25) is 0 Å². The summed E-state index contributed by atoms with van der Waals surface area (Å²) < 4.78 is 0. The first kappa shape index (κ1) is 43.0. The quantitative estimate of drug-likeness (QED) is 0.173.